The maximum atomic E-state index is 10.0. The molecule has 0 aromatic rings. The molecule has 0 aliphatic rings. The zero-order valence-corrected chi connectivity index (χ0v) is 25.4. The molecule has 0 atom stereocenters. The summed E-state index contributed by atoms with van der Waals surface area (Å²) < 4.78 is 0. The SMILES string of the molecule is CC(=O)O.CC(=O)O.CC(=O)O.CC(=O)O.CC(=O)O.CC(=O)O.CC(=O)O.CC(=O)O.CCCCCCCC(=O)O. The van der Waals surface area contributed by atoms with Crippen molar-refractivity contribution in [2.45, 2.75) is 101 Å². The fourth-order valence-electron chi connectivity index (χ4n) is 0.880. The van der Waals surface area contributed by atoms with Crippen LogP contribution in [0.25, 0.3) is 0 Å². The van der Waals surface area contributed by atoms with E-state index in [1.165, 1.54) is 19.3 Å². The highest BCUT2D eigenvalue weighted by Crippen LogP contribution is 2.04. The van der Waals surface area contributed by atoms with Crippen LogP contribution < -0.4 is 0 Å². The molecule has 42 heavy (non-hydrogen) atoms. The smallest absolute Gasteiger partial charge is 0.303 e. The average molecular weight is 625 g/mol. The normalized spacial score (nSPS) is 7.07. The first kappa shape index (κ1) is 61.3. The van der Waals surface area contributed by atoms with Gasteiger partial charge in [0, 0.05) is 61.8 Å². The van der Waals surface area contributed by atoms with Crippen molar-refractivity contribution in [3.63, 3.8) is 0 Å². The standard InChI is InChI=1S/C8H16O2.8C2H4O2/c1-2-3-4-5-6-7-8(9)10;8*1-2(3)4/h2-7H2,1H3,(H,9,10);8*1H3,(H,3,4). The van der Waals surface area contributed by atoms with Crippen LogP contribution in [0.1, 0.15) is 101 Å². The minimum Gasteiger partial charge on any atom is -0.481 e. The first-order valence-electron chi connectivity index (χ1n) is 11.4. The largest absolute Gasteiger partial charge is 0.481 e. The molecule has 0 unspecified atom stereocenters. The van der Waals surface area contributed by atoms with Crippen molar-refractivity contribution >= 4 is 53.7 Å². The van der Waals surface area contributed by atoms with E-state index < -0.39 is 53.7 Å². The highest BCUT2D eigenvalue weighted by atomic mass is 16.4. The summed E-state index contributed by atoms with van der Waals surface area (Å²) >= 11 is 0. The van der Waals surface area contributed by atoms with Crippen molar-refractivity contribution in [1.29, 1.82) is 0 Å². The average Bonchev–Trinajstić information content (AvgIpc) is 2.64. The van der Waals surface area contributed by atoms with Gasteiger partial charge >= 0.3 is 5.97 Å². The summed E-state index contributed by atoms with van der Waals surface area (Å²) in [6.45, 7) is 10.8. The van der Waals surface area contributed by atoms with Crippen molar-refractivity contribution in [2.24, 2.45) is 0 Å². The molecule has 0 aliphatic carbocycles. The quantitative estimate of drug-likeness (QED) is 0.191. The molecule has 18 heteroatoms. The minimum atomic E-state index is -0.833. The summed E-state index contributed by atoms with van der Waals surface area (Å²) in [4.78, 5) is 82.0. The Morgan fingerprint density at radius 1 is 0.333 bits per heavy atom. The number of unbranched alkanes of at least 4 members (excludes halogenated alkanes) is 4. The van der Waals surface area contributed by atoms with Crippen LogP contribution in [-0.4, -0.2) is 99.7 Å². The molecule has 0 saturated heterocycles. The van der Waals surface area contributed by atoms with E-state index in [4.69, 9.17) is 84.3 Å². The fraction of sp³-hybridized carbons (Fsp3) is 0.625. The van der Waals surface area contributed by atoms with Crippen LogP contribution in [0.15, 0.2) is 0 Å². The first-order valence-corrected chi connectivity index (χ1v) is 11.4. The number of carbonyl (C=O) groups is 9. The topological polar surface area (TPSA) is 336 Å². The van der Waals surface area contributed by atoms with Gasteiger partial charge in [-0.05, 0) is 6.42 Å². The van der Waals surface area contributed by atoms with Crippen LogP contribution in [0.3, 0.4) is 0 Å². The highest BCUT2D eigenvalue weighted by Gasteiger charge is 1.94. The van der Waals surface area contributed by atoms with Gasteiger partial charge in [0.25, 0.3) is 47.8 Å². The molecule has 0 aliphatic heterocycles. The molecule has 0 saturated carbocycles. The van der Waals surface area contributed by atoms with Crippen molar-refractivity contribution in [3.8, 4) is 0 Å². The van der Waals surface area contributed by atoms with Crippen LogP contribution in [0.2, 0.25) is 0 Å². The van der Waals surface area contributed by atoms with E-state index in [9.17, 15) is 4.79 Å². The lowest BCUT2D eigenvalue weighted by Crippen LogP contribution is -1.93. The fourth-order valence-corrected chi connectivity index (χ4v) is 0.880. The number of carboxylic acid groups (broad SMARTS) is 9. The maximum absolute atomic E-state index is 10.0. The Labute approximate surface area is 244 Å². The molecule has 0 aromatic carbocycles. The van der Waals surface area contributed by atoms with E-state index in [-0.39, 0.29) is 0 Å². The zero-order valence-electron chi connectivity index (χ0n) is 25.4. The Morgan fingerprint density at radius 3 is 0.595 bits per heavy atom. The number of hydrogen-bond acceptors (Lipinski definition) is 9. The summed E-state index contributed by atoms with van der Waals surface area (Å²) in [6.07, 6.45) is 5.88. The Kier molecular flexibility index (Phi) is 82.4. The van der Waals surface area contributed by atoms with E-state index in [1.54, 1.807) is 0 Å². The molecule has 252 valence electrons. The van der Waals surface area contributed by atoms with Gasteiger partial charge in [-0.3, -0.25) is 43.2 Å². The summed E-state index contributed by atoms with van der Waals surface area (Å²) in [5.74, 6) is -7.34. The Hall–Kier alpha value is -4.77. The molecule has 0 rings (SSSR count). The molecular weight excluding hydrogens is 576 g/mol. The maximum Gasteiger partial charge on any atom is 0.303 e. The molecule has 9 N–H and O–H groups in total. The number of carboxylic acids is 9. The summed E-state index contributed by atoms with van der Waals surface area (Å²) in [5.41, 5.74) is 0. The van der Waals surface area contributed by atoms with Gasteiger partial charge in [0.05, 0.1) is 0 Å². The third-order valence-corrected chi connectivity index (χ3v) is 1.49. The van der Waals surface area contributed by atoms with E-state index in [2.05, 4.69) is 6.92 Å². The third-order valence-electron chi connectivity index (χ3n) is 1.49. The van der Waals surface area contributed by atoms with Gasteiger partial charge in [0.2, 0.25) is 0 Å². The van der Waals surface area contributed by atoms with Crippen LogP contribution in [0.5, 0.6) is 0 Å². The Morgan fingerprint density at radius 2 is 0.476 bits per heavy atom. The van der Waals surface area contributed by atoms with Crippen molar-refractivity contribution in [3.05, 3.63) is 0 Å². The molecule has 0 aromatic heterocycles. The van der Waals surface area contributed by atoms with Gasteiger partial charge in [-0.1, -0.05) is 32.6 Å². The van der Waals surface area contributed by atoms with Gasteiger partial charge in [0.1, 0.15) is 0 Å². The number of hydrogen-bond donors (Lipinski definition) is 9. The number of rotatable bonds is 6. The van der Waals surface area contributed by atoms with Crippen LogP contribution in [-0.2, 0) is 43.2 Å². The van der Waals surface area contributed by atoms with Gasteiger partial charge in [0.15, 0.2) is 0 Å². The third kappa shape index (κ3) is 8300. The summed E-state index contributed by atoms with van der Waals surface area (Å²) in [5, 5.41) is 67.6. The summed E-state index contributed by atoms with van der Waals surface area (Å²) in [7, 11) is 0. The van der Waals surface area contributed by atoms with Crippen molar-refractivity contribution in [2.75, 3.05) is 0 Å². The van der Waals surface area contributed by atoms with Crippen LogP contribution >= 0.6 is 0 Å². The Balaban J connectivity index is -0.0000000430. The molecule has 0 fully saturated rings. The lowest BCUT2D eigenvalue weighted by Gasteiger charge is -1.95. The van der Waals surface area contributed by atoms with Crippen molar-refractivity contribution < 1.29 is 89.1 Å². The Bertz CT molecular complexity index is 538. The predicted octanol–water partition coefficient (Wildman–Crippen LogP) is 3.16. The van der Waals surface area contributed by atoms with Gasteiger partial charge in [-0.2, -0.15) is 0 Å². The molecule has 0 radical (unpaired) electrons. The first-order chi connectivity index (χ1) is 18.6. The minimum absolute atomic E-state index is 0.337. The molecule has 0 heterocycles. The van der Waals surface area contributed by atoms with Gasteiger partial charge < -0.3 is 46.0 Å². The highest BCUT2D eigenvalue weighted by molar-refractivity contribution is 5.66. The zero-order chi connectivity index (χ0) is 36.4. The second-order valence-corrected chi connectivity index (χ2v) is 6.71. The molecule has 0 bridgehead atoms. The van der Waals surface area contributed by atoms with Gasteiger partial charge in [-0.25, -0.2) is 0 Å². The lowest BCUT2D eigenvalue weighted by molar-refractivity contribution is -0.137. The number of aliphatic carboxylic acids is 9. The van der Waals surface area contributed by atoms with E-state index >= 15 is 0 Å². The van der Waals surface area contributed by atoms with Crippen molar-refractivity contribution in [1.82, 2.24) is 0 Å². The molecular formula is C24H48O18. The van der Waals surface area contributed by atoms with Crippen LogP contribution in [0, 0.1) is 0 Å². The summed E-state index contributed by atoms with van der Waals surface area (Å²) in [6, 6.07) is 0. The second kappa shape index (κ2) is 56.4. The van der Waals surface area contributed by atoms with Gasteiger partial charge in [-0.15, -0.1) is 0 Å². The monoisotopic (exact) mass is 624 g/mol. The van der Waals surface area contributed by atoms with E-state index in [0.29, 0.717) is 6.42 Å². The predicted molar refractivity (Wildman–Crippen MR) is 147 cm³/mol. The molecule has 0 spiro atoms. The molecule has 0 amide bonds. The van der Waals surface area contributed by atoms with Crippen LogP contribution in [0.4, 0.5) is 0 Å². The molecule has 18 nitrogen and oxygen atoms in total. The second-order valence-electron chi connectivity index (χ2n) is 6.71. The van der Waals surface area contributed by atoms with E-state index in [0.717, 1.165) is 68.2 Å². The van der Waals surface area contributed by atoms with E-state index in [1.807, 2.05) is 0 Å². The lowest BCUT2D eigenvalue weighted by atomic mass is 10.1.